The van der Waals surface area contributed by atoms with Gasteiger partial charge in [-0.1, -0.05) is 31.2 Å². The van der Waals surface area contributed by atoms with E-state index in [4.69, 9.17) is 15.2 Å². The second-order valence-corrected chi connectivity index (χ2v) is 9.50. The lowest BCUT2D eigenvalue weighted by Crippen LogP contribution is -2.52. The molecule has 11 nitrogen and oxygen atoms in total. The fraction of sp³-hybridized carbons (Fsp3) is 0.577. The largest absolute Gasteiger partial charge is 0.466 e. The molecule has 1 aromatic carbocycles. The number of carbonyl (C=O) groups excluding carboxylic acids is 5. The van der Waals surface area contributed by atoms with Gasteiger partial charge in [0.15, 0.2) is 0 Å². The first-order valence-electron chi connectivity index (χ1n) is 12.4. The molecule has 0 radical (unpaired) electrons. The quantitative estimate of drug-likeness (QED) is 0.336. The predicted octanol–water partition coefficient (Wildman–Crippen LogP) is 1.98. The third-order valence-electron chi connectivity index (χ3n) is 5.29. The number of nitrogens with two attached hydrogens (primary N) is 1. The van der Waals surface area contributed by atoms with Crippen LogP contribution in [0.15, 0.2) is 24.3 Å². The number of nitrogens with one attached hydrogen (secondary N) is 2. The van der Waals surface area contributed by atoms with E-state index in [2.05, 4.69) is 10.6 Å². The van der Waals surface area contributed by atoms with Gasteiger partial charge >= 0.3 is 12.1 Å². The number of esters is 1. The van der Waals surface area contributed by atoms with E-state index in [9.17, 15) is 24.0 Å². The van der Waals surface area contributed by atoms with Crippen LogP contribution >= 0.6 is 0 Å². The molecule has 0 aliphatic heterocycles. The molecule has 4 N–H and O–H groups in total. The van der Waals surface area contributed by atoms with Crippen molar-refractivity contribution in [3.63, 3.8) is 0 Å². The summed E-state index contributed by atoms with van der Waals surface area (Å²) in [6, 6.07) is 4.97. The molecule has 2 unspecified atom stereocenters. The predicted molar refractivity (Wildman–Crippen MR) is 137 cm³/mol. The van der Waals surface area contributed by atoms with Gasteiger partial charge in [-0.15, -0.1) is 0 Å². The summed E-state index contributed by atoms with van der Waals surface area (Å²) in [5, 5.41) is 5.17. The topological polar surface area (TPSA) is 157 Å². The SMILES string of the molecule is CCOC(=O)CCNC(=O)C(c1ccc(CC)cc1)N(C)C(=O)C(CCC(N)=O)NC(=O)OC(C)(C)C. The van der Waals surface area contributed by atoms with Gasteiger partial charge in [-0.05, 0) is 51.7 Å². The molecule has 37 heavy (non-hydrogen) atoms. The van der Waals surface area contributed by atoms with E-state index in [0.717, 1.165) is 12.0 Å². The summed E-state index contributed by atoms with van der Waals surface area (Å²) < 4.78 is 10.1. The third-order valence-corrected chi connectivity index (χ3v) is 5.29. The Kier molecular flexibility index (Phi) is 12.6. The Bertz CT molecular complexity index is 941. The third kappa shape index (κ3) is 11.3. The van der Waals surface area contributed by atoms with Crippen LogP contribution in [0.3, 0.4) is 0 Å². The van der Waals surface area contributed by atoms with E-state index in [1.165, 1.54) is 11.9 Å². The first-order chi connectivity index (χ1) is 17.3. The fourth-order valence-electron chi connectivity index (χ4n) is 3.47. The van der Waals surface area contributed by atoms with Crippen LogP contribution in [0.2, 0.25) is 0 Å². The normalized spacial score (nSPS) is 12.6. The van der Waals surface area contributed by atoms with Gasteiger partial charge in [0.25, 0.3) is 0 Å². The summed E-state index contributed by atoms with van der Waals surface area (Å²) in [7, 11) is 1.43. The van der Waals surface area contributed by atoms with Crippen molar-refractivity contribution in [3.05, 3.63) is 35.4 Å². The number of nitrogens with zero attached hydrogens (tertiary/aromatic N) is 1. The van der Waals surface area contributed by atoms with Crippen LogP contribution < -0.4 is 16.4 Å². The molecule has 0 saturated carbocycles. The van der Waals surface area contributed by atoms with Crippen molar-refractivity contribution in [2.75, 3.05) is 20.2 Å². The van der Waals surface area contributed by atoms with Crippen LogP contribution in [0.5, 0.6) is 0 Å². The number of rotatable bonds is 13. The molecule has 2 atom stereocenters. The highest BCUT2D eigenvalue weighted by Gasteiger charge is 2.34. The molecule has 206 valence electrons. The Morgan fingerprint density at radius 2 is 1.65 bits per heavy atom. The van der Waals surface area contributed by atoms with Crippen LogP contribution in [0, 0.1) is 0 Å². The molecule has 4 amide bonds. The van der Waals surface area contributed by atoms with Gasteiger partial charge in [-0.25, -0.2) is 4.79 Å². The molecule has 0 fully saturated rings. The zero-order chi connectivity index (χ0) is 28.2. The van der Waals surface area contributed by atoms with E-state index < -0.39 is 47.5 Å². The lowest BCUT2D eigenvalue weighted by Gasteiger charge is -2.31. The van der Waals surface area contributed by atoms with Crippen molar-refractivity contribution in [1.29, 1.82) is 0 Å². The number of hydrogen-bond acceptors (Lipinski definition) is 7. The van der Waals surface area contributed by atoms with E-state index in [0.29, 0.717) is 5.56 Å². The lowest BCUT2D eigenvalue weighted by atomic mass is 10.0. The van der Waals surface area contributed by atoms with Crippen LogP contribution in [0.1, 0.15) is 71.0 Å². The minimum Gasteiger partial charge on any atom is -0.466 e. The highest BCUT2D eigenvalue weighted by atomic mass is 16.6. The van der Waals surface area contributed by atoms with Crippen molar-refractivity contribution in [2.45, 2.75) is 78.0 Å². The van der Waals surface area contributed by atoms with Gasteiger partial charge in [0.2, 0.25) is 17.7 Å². The minimum atomic E-state index is -1.17. The average Bonchev–Trinajstić information content (AvgIpc) is 2.80. The van der Waals surface area contributed by atoms with Gasteiger partial charge in [0.1, 0.15) is 17.7 Å². The van der Waals surface area contributed by atoms with Gasteiger partial charge in [0, 0.05) is 20.0 Å². The summed E-state index contributed by atoms with van der Waals surface area (Å²) in [6.07, 6.45) is -0.321. The zero-order valence-corrected chi connectivity index (χ0v) is 22.6. The summed E-state index contributed by atoms with van der Waals surface area (Å²) in [5.74, 6) is -2.23. The molecule has 11 heteroatoms. The molecular formula is C26H40N4O7. The average molecular weight is 521 g/mol. The number of alkyl carbamates (subject to hydrolysis) is 1. The highest BCUT2D eigenvalue weighted by Crippen LogP contribution is 2.22. The Hall–Kier alpha value is -3.63. The van der Waals surface area contributed by atoms with Crippen molar-refractivity contribution >= 4 is 29.8 Å². The Morgan fingerprint density at radius 1 is 1.03 bits per heavy atom. The molecule has 0 aliphatic carbocycles. The standard InChI is InChI=1S/C26H40N4O7/c1-7-17-9-11-18(12-10-17)22(23(33)28-16-15-21(32)36-8-2)30(6)24(34)19(13-14-20(27)31)29-25(35)37-26(3,4)5/h9-12,19,22H,7-8,13-16H2,1-6H3,(H2,27,31)(H,28,33)(H,29,35). The number of amides is 4. The zero-order valence-electron chi connectivity index (χ0n) is 22.6. The summed E-state index contributed by atoms with van der Waals surface area (Å²) >= 11 is 0. The molecular weight excluding hydrogens is 480 g/mol. The summed E-state index contributed by atoms with van der Waals surface area (Å²) in [5.41, 5.74) is 6.04. The number of primary amides is 1. The van der Waals surface area contributed by atoms with Crippen molar-refractivity contribution in [2.24, 2.45) is 5.73 Å². The van der Waals surface area contributed by atoms with Crippen LogP contribution in [-0.4, -0.2) is 66.5 Å². The number of ether oxygens (including phenoxy) is 2. The Balaban J connectivity index is 3.21. The van der Waals surface area contributed by atoms with Crippen molar-refractivity contribution in [3.8, 4) is 0 Å². The molecule has 0 aliphatic rings. The minimum absolute atomic E-state index is 0.0184. The summed E-state index contributed by atoms with van der Waals surface area (Å²) in [4.78, 5) is 63.4. The van der Waals surface area contributed by atoms with Crippen molar-refractivity contribution < 1.29 is 33.4 Å². The van der Waals surface area contributed by atoms with Gasteiger partial charge in [0.05, 0.1) is 13.0 Å². The van der Waals surface area contributed by atoms with E-state index in [1.54, 1.807) is 39.8 Å². The van der Waals surface area contributed by atoms with E-state index >= 15 is 0 Å². The second kappa shape index (κ2) is 14.8. The molecule has 0 heterocycles. The van der Waals surface area contributed by atoms with Crippen LogP contribution in [0.4, 0.5) is 4.79 Å². The van der Waals surface area contributed by atoms with E-state index in [-0.39, 0.29) is 32.4 Å². The van der Waals surface area contributed by atoms with Gasteiger partial charge < -0.3 is 30.7 Å². The molecule has 1 rings (SSSR count). The van der Waals surface area contributed by atoms with Crippen LogP contribution in [0.25, 0.3) is 0 Å². The Labute approximate surface area is 218 Å². The molecule has 0 aromatic heterocycles. The summed E-state index contributed by atoms with van der Waals surface area (Å²) in [6.45, 7) is 8.96. The number of benzene rings is 1. The van der Waals surface area contributed by atoms with Gasteiger partial charge in [-0.2, -0.15) is 0 Å². The first kappa shape index (κ1) is 31.4. The number of aryl methyl sites for hydroxylation is 1. The fourth-order valence-corrected chi connectivity index (χ4v) is 3.47. The monoisotopic (exact) mass is 520 g/mol. The molecule has 1 aromatic rings. The smallest absolute Gasteiger partial charge is 0.408 e. The number of carbonyl (C=O) groups is 5. The van der Waals surface area contributed by atoms with Crippen LogP contribution in [-0.2, 0) is 35.1 Å². The molecule has 0 bridgehead atoms. The lowest BCUT2D eigenvalue weighted by molar-refractivity contribution is -0.144. The first-order valence-corrected chi connectivity index (χ1v) is 12.4. The highest BCUT2D eigenvalue weighted by molar-refractivity contribution is 5.92. The molecule has 0 spiro atoms. The van der Waals surface area contributed by atoms with E-state index in [1.807, 2.05) is 19.1 Å². The number of likely N-dealkylation sites (N-methyl/N-ethyl adjacent to an activating group) is 1. The Morgan fingerprint density at radius 3 is 2.16 bits per heavy atom. The maximum Gasteiger partial charge on any atom is 0.408 e. The maximum absolute atomic E-state index is 13.5. The number of hydrogen-bond donors (Lipinski definition) is 3. The maximum atomic E-state index is 13.5. The molecule has 0 saturated heterocycles. The van der Waals surface area contributed by atoms with Gasteiger partial charge in [-0.3, -0.25) is 19.2 Å². The van der Waals surface area contributed by atoms with Crippen molar-refractivity contribution in [1.82, 2.24) is 15.5 Å². The second-order valence-electron chi connectivity index (χ2n) is 9.50.